The fourth-order valence-electron chi connectivity index (χ4n) is 2.64. The molecule has 0 saturated heterocycles. The number of non-ortho nitro benzene ring substituents is 1. The molecule has 1 unspecified atom stereocenters. The maximum absolute atomic E-state index is 11.4. The van der Waals surface area contributed by atoms with E-state index in [1.54, 1.807) is 36.0 Å². The number of hydrogen-bond acceptors (Lipinski definition) is 7. The molecule has 0 aromatic heterocycles. The van der Waals surface area contributed by atoms with Crippen molar-refractivity contribution in [2.45, 2.75) is 25.6 Å². The van der Waals surface area contributed by atoms with Crippen molar-refractivity contribution in [1.82, 2.24) is 5.32 Å². The first-order valence-electron chi connectivity index (χ1n) is 9.03. The molecule has 0 fully saturated rings. The van der Waals surface area contributed by atoms with Gasteiger partial charge in [0, 0.05) is 23.2 Å². The molecule has 162 valence electrons. The van der Waals surface area contributed by atoms with Gasteiger partial charge >= 0.3 is 5.97 Å². The molecule has 30 heavy (non-hydrogen) atoms. The number of carboxylic acids is 1. The number of methoxy groups -OCH3 is 1. The van der Waals surface area contributed by atoms with Crippen molar-refractivity contribution in [3.8, 4) is 11.5 Å². The standard InChI is InChI=1S/C20H23BrN2O6S/c1-28-18-9-14(11-22-17(20(24)25)7-8-30-2)16(21)10-19(18)29-12-13-3-5-15(6-4-13)23(26)27/h3-6,9-10,17,22H,7-8,11-12H2,1-2H3,(H,24,25). The third-order valence-electron chi connectivity index (χ3n) is 4.32. The summed E-state index contributed by atoms with van der Waals surface area (Å²) in [4.78, 5) is 21.7. The van der Waals surface area contributed by atoms with E-state index in [-0.39, 0.29) is 12.3 Å². The van der Waals surface area contributed by atoms with E-state index in [4.69, 9.17) is 9.47 Å². The first-order valence-corrected chi connectivity index (χ1v) is 11.2. The second kappa shape index (κ2) is 11.8. The molecule has 0 aliphatic rings. The molecule has 8 nitrogen and oxygen atoms in total. The summed E-state index contributed by atoms with van der Waals surface area (Å²) in [6.07, 6.45) is 2.47. The maximum Gasteiger partial charge on any atom is 0.320 e. The summed E-state index contributed by atoms with van der Waals surface area (Å²) in [7, 11) is 1.53. The van der Waals surface area contributed by atoms with E-state index in [2.05, 4.69) is 21.2 Å². The second-order valence-electron chi connectivity index (χ2n) is 6.36. The first-order chi connectivity index (χ1) is 14.3. The largest absolute Gasteiger partial charge is 0.493 e. The fourth-order valence-corrected chi connectivity index (χ4v) is 3.58. The number of nitrogens with zero attached hydrogens (tertiary/aromatic N) is 1. The Balaban J connectivity index is 2.07. The highest BCUT2D eigenvalue weighted by Crippen LogP contribution is 2.34. The number of carbonyl (C=O) groups is 1. The number of aliphatic carboxylic acids is 1. The minimum Gasteiger partial charge on any atom is -0.493 e. The molecule has 2 aromatic rings. The number of hydrogen-bond donors (Lipinski definition) is 2. The van der Waals surface area contributed by atoms with Crippen LogP contribution in [0.4, 0.5) is 5.69 Å². The lowest BCUT2D eigenvalue weighted by molar-refractivity contribution is -0.384. The third kappa shape index (κ3) is 6.89. The van der Waals surface area contributed by atoms with Gasteiger partial charge in [-0.1, -0.05) is 15.9 Å². The van der Waals surface area contributed by atoms with Crippen LogP contribution in [0.2, 0.25) is 0 Å². The van der Waals surface area contributed by atoms with Gasteiger partial charge in [0.05, 0.1) is 12.0 Å². The van der Waals surface area contributed by atoms with Crippen LogP contribution in [0.3, 0.4) is 0 Å². The lowest BCUT2D eigenvalue weighted by Crippen LogP contribution is -2.36. The summed E-state index contributed by atoms with van der Waals surface area (Å²) in [6.45, 7) is 0.569. The number of halogens is 1. The summed E-state index contributed by atoms with van der Waals surface area (Å²) < 4.78 is 12.0. The highest BCUT2D eigenvalue weighted by Gasteiger charge is 2.18. The smallest absolute Gasteiger partial charge is 0.320 e. The molecule has 2 N–H and O–H groups in total. The normalized spacial score (nSPS) is 11.7. The Morgan fingerprint density at radius 2 is 2.00 bits per heavy atom. The van der Waals surface area contributed by atoms with Crippen LogP contribution in [0.25, 0.3) is 0 Å². The summed E-state index contributed by atoms with van der Waals surface area (Å²) in [5.74, 6) is 0.885. The van der Waals surface area contributed by atoms with Crippen LogP contribution in [-0.2, 0) is 17.9 Å². The predicted molar refractivity (Wildman–Crippen MR) is 119 cm³/mol. The zero-order chi connectivity index (χ0) is 22.1. The molecule has 2 rings (SSSR count). The van der Waals surface area contributed by atoms with Gasteiger partial charge in [-0.2, -0.15) is 11.8 Å². The fraction of sp³-hybridized carbons (Fsp3) is 0.350. The van der Waals surface area contributed by atoms with E-state index < -0.39 is 16.9 Å². The summed E-state index contributed by atoms with van der Waals surface area (Å²) in [5, 5.41) is 23.2. The van der Waals surface area contributed by atoms with Crippen LogP contribution in [0.1, 0.15) is 17.5 Å². The van der Waals surface area contributed by atoms with E-state index in [0.717, 1.165) is 21.4 Å². The van der Waals surface area contributed by atoms with Gasteiger partial charge in [-0.25, -0.2) is 0 Å². The molecule has 10 heteroatoms. The molecule has 1 atom stereocenters. The predicted octanol–water partition coefficient (Wildman–Crippen LogP) is 4.24. The Bertz CT molecular complexity index is 878. The van der Waals surface area contributed by atoms with Crippen molar-refractivity contribution < 1.29 is 24.3 Å². The van der Waals surface area contributed by atoms with Crippen LogP contribution in [-0.4, -0.2) is 41.2 Å². The zero-order valence-electron chi connectivity index (χ0n) is 16.6. The number of nitro benzene ring substituents is 1. The highest BCUT2D eigenvalue weighted by atomic mass is 79.9. The van der Waals surface area contributed by atoms with Crippen molar-refractivity contribution in [1.29, 1.82) is 0 Å². The molecule has 0 aliphatic heterocycles. The number of nitro groups is 1. The quantitative estimate of drug-likeness (QED) is 0.330. The van der Waals surface area contributed by atoms with Gasteiger partial charge in [0.25, 0.3) is 5.69 Å². The minimum atomic E-state index is -0.879. The van der Waals surface area contributed by atoms with Crippen LogP contribution in [0.5, 0.6) is 11.5 Å². The van der Waals surface area contributed by atoms with Gasteiger partial charge in [-0.15, -0.1) is 0 Å². The van der Waals surface area contributed by atoms with Crippen LogP contribution in [0, 0.1) is 10.1 Å². The summed E-state index contributed by atoms with van der Waals surface area (Å²) in [5.41, 5.74) is 1.64. The first kappa shape index (κ1) is 24.0. The van der Waals surface area contributed by atoms with Crippen molar-refractivity contribution >= 4 is 39.3 Å². The van der Waals surface area contributed by atoms with Gasteiger partial charge in [0.2, 0.25) is 0 Å². The van der Waals surface area contributed by atoms with E-state index >= 15 is 0 Å². The highest BCUT2D eigenvalue weighted by molar-refractivity contribution is 9.10. The van der Waals surface area contributed by atoms with E-state index in [9.17, 15) is 20.0 Å². The molecular formula is C20H23BrN2O6S. The lowest BCUT2D eigenvalue weighted by atomic mass is 10.1. The Morgan fingerprint density at radius 3 is 2.57 bits per heavy atom. The molecule has 0 heterocycles. The Hall–Kier alpha value is -2.30. The van der Waals surface area contributed by atoms with Crippen molar-refractivity contribution in [2.24, 2.45) is 0 Å². The number of thioether (sulfide) groups is 1. The molecule has 0 amide bonds. The summed E-state index contributed by atoms with van der Waals surface area (Å²) >= 11 is 5.10. The van der Waals surface area contributed by atoms with Gasteiger partial charge in [-0.05, 0) is 53.8 Å². The van der Waals surface area contributed by atoms with Crippen LogP contribution >= 0.6 is 27.7 Å². The molecule has 0 saturated carbocycles. The van der Waals surface area contributed by atoms with Gasteiger partial charge in [-0.3, -0.25) is 14.9 Å². The molecule has 2 aromatic carbocycles. The third-order valence-corrected chi connectivity index (χ3v) is 5.70. The molecular weight excluding hydrogens is 476 g/mol. The van der Waals surface area contributed by atoms with E-state index in [1.165, 1.54) is 19.2 Å². The number of benzene rings is 2. The monoisotopic (exact) mass is 498 g/mol. The van der Waals surface area contributed by atoms with E-state index in [1.807, 2.05) is 6.26 Å². The second-order valence-corrected chi connectivity index (χ2v) is 8.20. The van der Waals surface area contributed by atoms with Crippen molar-refractivity contribution in [3.63, 3.8) is 0 Å². The van der Waals surface area contributed by atoms with Crippen molar-refractivity contribution in [2.75, 3.05) is 19.1 Å². The number of ether oxygens (including phenoxy) is 2. The Labute approximate surface area is 187 Å². The topological polar surface area (TPSA) is 111 Å². The average molecular weight is 499 g/mol. The molecule has 0 radical (unpaired) electrons. The lowest BCUT2D eigenvalue weighted by Gasteiger charge is -2.17. The number of nitrogens with one attached hydrogen (secondary N) is 1. The Morgan fingerprint density at radius 1 is 1.30 bits per heavy atom. The summed E-state index contributed by atoms with van der Waals surface area (Å²) in [6, 6.07) is 9.05. The van der Waals surface area contributed by atoms with Gasteiger partial charge in [0.15, 0.2) is 11.5 Å². The molecule has 0 bridgehead atoms. The van der Waals surface area contributed by atoms with Crippen LogP contribution in [0.15, 0.2) is 40.9 Å². The SMILES string of the molecule is COc1cc(CNC(CCSC)C(=O)O)c(Br)cc1OCc1ccc([N+](=O)[O-])cc1. The number of carboxylic acid groups (broad SMARTS) is 1. The maximum atomic E-state index is 11.4. The molecule has 0 aliphatic carbocycles. The van der Waals surface area contributed by atoms with Gasteiger partial charge in [0.1, 0.15) is 12.6 Å². The van der Waals surface area contributed by atoms with Crippen molar-refractivity contribution in [3.05, 3.63) is 62.1 Å². The average Bonchev–Trinajstić information content (AvgIpc) is 2.73. The zero-order valence-corrected chi connectivity index (χ0v) is 19.0. The Kier molecular flexibility index (Phi) is 9.41. The minimum absolute atomic E-state index is 0.0214. The van der Waals surface area contributed by atoms with Crippen LogP contribution < -0.4 is 14.8 Å². The molecule has 0 spiro atoms. The van der Waals surface area contributed by atoms with Gasteiger partial charge < -0.3 is 19.9 Å². The van der Waals surface area contributed by atoms with E-state index in [0.29, 0.717) is 24.5 Å². The number of rotatable bonds is 12.